The van der Waals surface area contributed by atoms with Crippen molar-refractivity contribution in [3.05, 3.63) is 24.3 Å². The van der Waals surface area contributed by atoms with E-state index >= 15 is 0 Å². The zero-order valence-corrected chi connectivity index (χ0v) is 16.2. The number of rotatable bonds is 6. The Balaban J connectivity index is 1.77. The number of piperidine rings is 1. The van der Waals surface area contributed by atoms with E-state index in [0.29, 0.717) is 37.7 Å². The molecule has 148 valence electrons. The van der Waals surface area contributed by atoms with Gasteiger partial charge in [0.15, 0.2) is 0 Å². The molecule has 0 aliphatic carbocycles. The number of anilines is 1. The van der Waals surface area contributed by atoms with Crippen LogP contribution in [0.1, 0.15) is 32.6 Å². The van der Waals surface area contributed by atoms with E-state index in [-0.39, 0.29) is 11.9 Å². The summed E-state index contributed by atoms with van der Waals surface area (Å²) in [6.45, 7) is 4.82. The van der Waals surface area contributed by atoms with Crippen molar-refractivity contribution in [2.45, 2.75) is 38.1 Å². The lowest BCUT2D eigenvalue weighted by atomic mass is 9.85. The number of nitrogens with zero attached hydrogens (tertiary/aromatic N) is 2. The van der Waals surface area contributed by atoms with Crippen LogP contribution in [0.5, 0.6) is 5.75 Å². The van der Waals surface area contributed by atoms with Gasteiger partial charge < -0.3 is 24.6 Å². The average Bonchev–Trinajstić information content (AvgIpc) is 3.09. The van der Waals surface area contributed by atoms with Crippen LogP contribution in [0.15, 0.2) is 24.3 Å². The second-order valence-electron chi connectivity index (χ2n) is 7.03. The molecular weight excluding hydrogens is 346 g/mol. The smallest absolute Gasteiger partial charge is 0.322 e. The number of amides is 3. The van der Waals surface area contributed by atoms with E-state index in [9.17, 15) is 9.59 Å². The first-order valence-corrected chi connectivity index (χ1v) is 9.71. The highest BCUT2D eigenvalue weighted by atomic mass is 16.5. The van der Waals surface area contributed by atoms with Crippen LogP contribution >= 0.6 is 0 Å². The van der Waals surface area contributed by atoms with Crippen molar-refractivity contribution in [1.82, 2.24) is 9.80 Å². The molecule has 2 aliphatic heterocycles. The minimum absolute atomic E-state index is 0.0524. The molecule has 7 heteroatoms. The summed E-state index contributed by atoms with van der Waals surface area (Å²) >= 11 is 0. The third-order valence-electron chi connectivity index (χ3n) is 5.43. The molecule has 0 radical (unpaired) electrons. The average molecular weight is 375 g/mol. The van der Waals surface area contributed by atoms with Crippen molar-refractivity contribution in [3.8, 4) is 5.75 Å². The summed E-state index contributed by atoms with van der Waals surface area (Å²) in [5.41, 5.74) is -0.0951. The van der Waals surface area contributed by atoms with Crippen molar-refractivity contribution in [2.75, 3.05) is 45.3 Å². The molecule has 1 aromatic carbocycles. The Bertz CT molecular complexity index is 681. The Hall–Kier alpha value is -2.28. The van der Waals surface area contributed by atoms with Gasteiger partial charge in [-0.05, 0) is 44.7 Å². The maximum absolute atomic E-state index is 13.2. The second kappa shape index (κ2) is 8.61. The molecule has 7 nitrogen and oxygen atoms in total. The fourth-order valence-electron chi connectivity index (χ4n) is 4.17. The van der Waals surface area contributed by atoms with Gasteiger partial charge in [-0.25, -0.2) is 4.79 Å². The molecule has 1 N–H and O–H groups in total. The van der Waals surface area contributed by atoms with E-state index in [1.54, 1.807) is 12.0 Å². The summed E-state index contributed by atoms with van der Waals surface area (Å²) in [4.78, 5) is 29.9. The summed E-state index contributed by atoms with van der Waals surface area (Å²) in [6.07, 6.45) is 3.17. The van der Waals surface area contributed by atoms with Crippen molar-refractivity contribution >= 4 is 17.6 Å². The predicted molar refractivity (Wildman–Crippen MR) is 103 cm³/mol. The molecule has 1 atom stereocenters. The molecule has 0 aromatic heterocycles. The van der Waals surface area contributed by atoms with E-state index in [1.165, 1.54) is 0 Å². The molecule has 1 aromatic rings. The highest BCUT2D eigenvalue weighted by Crippen LogP contribution is 2.39. The van der Waals surface area contributed by atoms with Crippen molar-refractivity contribution in [1.29, 1.82) is 0 Å². The Labute approximate surface area is 160 Å². The number of hydrogen-bond donors (Lipinski definition) is 1. The number of urea groups is 1. The van der Waals surface area contributed by atoms with Gasteiger partial charge in [-0.15, -0.1) is 0 Å². The van der Waals surface area contributed by atoms with Gasteiger partial charge in [0.1, 0.15) is 11.3 Å². The maximum Gasteiger partial charge on any atom is 0.322 e. The van der Waals surface area contributed by atoms with Crippen LogP contribution < -0.4 is 10.1 Å². The van der Waals surface area contributed by atoms with Crippen LogP contribution in [0, 0.1) is 0 Å². The molecule has 2 saturated heterocycles. The normalized spacial score (nSPS) is 22.4. The van der Waals surface area contributed by atoms with Crippen LogP contribution in [0.2, 0.25) is 0 Å². The molecular formula is C20H29N3O4. The van der Waals surface area contributed by atoms with E-state index in [0.717, 1.165) is 32.2 Å². The summed E-state index contributed by atoms with van der Waals surface area (Å²) < 4.78 is 10.7. The number of hydrogen-bond acceptors (Lipinski definition) is 4. The number of carbonyl (C=O) groups is 2. The van der Waals surface area contributed by atoms with Crippen molar-refractivity contribution in [2.24, 2.45) is 0 Å². The third-order valence-corrected chi connectivity index (χ3v) is 5.43. The van der Waals surface area contributed by atoms with Gasteiger partial charge in [0.2, 0.25) is 5.91 Å². The van der Waals surface area contributed by atoms with Crippen molar-refractivity contribution in [3.63, 3.8) is 0 Å². The molecule has 3 rings (SSSR count). The van der Waals surface area contributed by atoms with E-state index in [2.05, 4.69) is 5.32 Å². The highest BCUT2D eigenvalue weighted by molar-refractivity contribution is 5.97. The molecule has 2 heterocycles. The lowest BCUT2D eigenvalue weighted by Gasteiger charge is -2.44. The number of methoxy groups -OCH3 is 1. The maximum atomic E-state index is 13.2. The summed E-state index contributed by atoms with van der Waals surface area (Å²) in [6, 6.07) is 7.14. The Kier molecular flexibility index (Phi) is 6.21. The highest BCUT2D eigenvalue weighted by Gasteiger charge is 2.52. The summed E-state index contributed by atoms with van der Waals surface area (Å²) in [5, 5.41) is 2.95. The first-order valence-electron chi connectivity index (χ1n) is 9.71. The largest absolute Gasteiger partial charge is 0.492 e. The number of nitrogens with one attached hydrogen (secondary N) is 1. The predicted octanol–water partition coefficient (Wildman–Crippen LogP) is 2.72. The Morgan fingerprint density at radius 3 is 2.70 bits per heavy atom. The second-order valence-corrected chi connectivity index (χ2v) is 7.03. The third kappa shape index (κ3) is 3.88. The van der Waals surface area contributed by atoms with Gasteiger partial charge in [0.25, 0.3) is 0 Å². The molecule has 2 aliphatic rings. The van der Waals surface area contributed by atoms with Gasteiger partial charge in [-0.2, -0.15) is 0 Å². The zero-order valence-electron chi connectivity index (χ0n) is 16.2. The van der Waals surface area contributed by atoms with Crippen LogP contribution in [0.25, 0.3) is 0 Å². The standard InChI is InChI=1S/C20H29N3O4/c1-3-27-17-9-5-4-8-16(17)21-19(25)23-13-7-11-20(23)10-6-12-22(18(20)24)14-15-26-2/h4-5,8-9H,3,6-7,10-15H2,1-2H3,(H,21,25). The quantitative estimate of drug-likeness (QED) is 0.830. The van der Waals surface area contributed by atoms with Crippen LogP contribution in [-0.4, -0.2) is 67.2 Å². The van der Waals surface area contributed by atoms with Crippen LogP contribution in [0.3, 0.4) is 0 Å². The minimum atomic E-state index is -0.726. The minimum Gasteiger partial charge on any atom is -0.492 e. The fraction of sp³-hybridized carbons (Fsp3) is 0.600. The van der Waals surface area contributed by atoms with Crippen LogP contribution in [0.4, 0.5) is 10.5 Å². The molecule has 3 amide bonds. The Morgan fingerprint density at radius 2 is 1.96 bits per heavy atom. The van der Waals surface area contributed by atoms with Gasteiger partial charge in [-0.1, -0.05) is 12.1 Å². The van der Waals surface area contributed by atoms with Gasteiger partial charge in [0, 0.05) is 26.7 Å². The molecule has 1 spiro atoms. The number of carbonyl (C=O) groups excluding carboxylic acids is 2. The zero-order chi connectivity index (χ0) is 19.3. The van der Waals surface area contributed by atoms with E-state index in [4.69, 9.17) is 9.47 Å². The van der Waals surface area contributed by atoms with Gasteiger partial charge in [-0.3, -0.25) is 4.79 Å². The van der Waals surface area contributed by atoms with Crippen molar-refractivity contribution < 1.29 is 19.1 Å². The first kappa shape index (κ1) is 19.5. The summed E-state index contributed by atoms with van der Waals surface area (Å²) in [5.74, 6) is 0.690. The molecule has 2 fully saturated rings. The lowest BCUT2D eigenvalue weighted by molar-refractivity contribution is -0.146. The van der Waals surface area contributed by atoms with E-state index in [1.807, 2.05) is 36.1 Å². The van der Waals surface area contributed by atoms with Gasteiger partial charge >= 0.3 is 6.03 Å². The molecule has 0 bridgehead atoms. The molecule has 1 unspecified atom stereocenters. The first-order chi connectivity index (χ1) is 13.1. The molecule has 27 heavy (non-hydrogen) atoms. The monoisotopic (exact) mass is 375 g/mol. The fourth-order valence-corrected chi connectivity index (χ4v) is 4.17. The Morgan fingerprint density at radius 1 is 1.22 bits per heavy atom. The van der Waals surface area contributed by atoms with Gasteiger partial charge in [0.05, 0.1) is 18.9 Å². The number of para-hydroxylation sites is 2. The summed E-state index contributed by atoms with van der Waals surface area (Å²) in [7, 11) is 1.63. The van der Waals surface area contributed by atoms with Crippen LogP contribution in [-0.2, 0) is 9.53 Å². The number of likely N-dealkylation sites (tertiary alicyclic amines) is 2. The number of benzene rings is 1. The number of ether oxygens (including phenoxy) is 2. The SMILES string of the molecule is CCOc1ccccc1NC(=O)N1CCCC12CCCN(CCOC)C2=O. The lowest BCUT2D eigenvalue weighted by Crippen LogP contribution is -2.62. The van der Waals surface area contributed by atoms with E-state index < -0.39 is 5.54 Å². The topological polar surface area (TPSA) is 71.1 Å². The molecule has 0 saturated carbocycles.